The van der Waals surface area contributed by atoms with Gasteiger partial charge in [0.05, 0.1) is 6.10 Å². The maximum Gasteiger partial charge on any atom is 0.251 e. The summed E-state index contributed by atoms with van der Waals surface area (Å²) in [5.41, 5.74) is 0.624. The lowest BCUT2D eigenvalue weighted by molar-refractivity contribution is 0.0952. The lowest BCUT2D eigenvalue weighted by Gasteiger charge is -2.11. The molecular formula is C14H20ClNO2. The van der Waals surface area contributed by atoms with Gasteiger partial charge in [0.1, 0.15) is 5.75 Å². The first-order chi connectivity index (χ1) is 8.63. The van der Waals surface area contributed by atoms with Crippen LogP contribution in [0.25, 0.3) is 0 Å². The van der Waals surface area contributed by atoms with Crippen molar-refractivity contribution < 1.29 is 9.53 Å². The summed E-state index contributed by atoms with van der Waals surface area (Å²) in [6.45, 7) is 4.57. The van der Waals surface area contributed by atoms with Crippen LogP contribution >= 0.6 is 11.6 Å². The highest BCUT2D eigenvalue weighted by molar-refractivity contribution is 6.17. The summed E-state index contributed by atoms with van der Waals surface area (Å²) in [5, 5.41) is 2.86. The summed E-state index contributed by atoms with van der Waals surface area (Å²) >= 11 is 5.57. The Morgan fingerprint density at radius 2 is 2.17 bits per heavy atom. The summed E-state index contributed by atoms with van der Waals surface area (Å²) in [6.07, 6.45) is 1.92. The molecule has 0 saturated heterocycles. The Bertz CT molecular complexity index is 380. The van der Waals surface area contributed by atoms with Gasteiger partial charge in [0.15, 0.2) is 0 Å². The fourth-order valence-corrected chi connectivity index (χ4v) is 1.70. The van der Waals surface area contributed by atoms with Gasteiger partial charge in [-0.15, -0.1) is 11.6 Å². The molecule has 0 aliphatic heterocycles. The van der Waals surface area contributed by atoms with Crippen LogP contribution in [-0.2, 0) is 0 Å². The van der Waals surface area contributed by atoms with Crippen molar-refractivity contribution in [2.75, 3.05) is 12.4 Å². The third kappa shape index (κ3) is 5.41. The molecule has 0 radical (unpaired) electrons. The Morgan fingerprint density at radius 1 is 1.39 bits per heavy atom. The zero-order valence-corrected chi connectivity index (χ0v) is 11.7. The van der Waals surface area contributed by atoms with Crippen LogP contribution in [-0.4, -0.2) is 24.4 Å². The van der Waals surface area contributed by atoms with E-state index >= 15 is 0 Å². The molecule has 1 amide bonds. The third-order valence-electron chi connectivity index (χ3n) is 2.31. The minimum Gasteiger partial charge on any atom is -0.491 e. The topological polar surface area (TPSA) is 38.3 Å². The molecule has 1 aromatic rings. The second-order valence-corrected chi connectivity index (χ2v) is 4.72. The smallest absolute Gasteiger partial charge is 0.251 e. The normalized spacial score (nSPS) is 10.4. The number of hydrogen-bond donors (Lipinski definition) is 1. The van der Waals surface area contributed by atoms with Crippen molar-refractivity contribution in [1.29, 1.82) is 0 Å². The Hall–Kier alpha value is -1.22. The van der Waals surface area contributed by atoms with Crippen molar-refractivity contribution in [1.82, 2.24) is 5.32 Å². The number of rotatable bonds is 7. The Kier molecular flexibility index (Phi) is 6.58. The van der Waals surface area contributed by atoms with Gasteiger partial charge < -0.3 is 10.1 Å². The van der Waals surface area contributed by atoms with Crippen molar-refractivity contribution in [3.8, 4) is 5.75 Å². The highest BCUT2D eigenvalue weighted by Gasteiger charge is 2.06. The molecule has 0 unspecified atom stereocenters. The molecule has 0 heterocycles. The van der Waals surface area contributed by atoms with E-state index in [4.69, 9.17) is 16.3 Å². The number of nitrogens with one attached hydrogen (secondary N) is 1. The largest absolute Gasteiger partial charge is 0.491 e. The average Bonchev–Trinajstić information content (AvgIpc) is 2.34. The molecular weight excluding hydrogens is 250 g/mol. The summed E-state index contributed by atoms with van der Waals surface area (Å²) < 4.78 is 5.55. The molecule has 1 N–H and O–H groups in total. The van der Waals surface area contributed by atoms with Crippen LogP contribution in [0.4, 0.5) is 0 Å². The molecule has 3 nitrogen and oxygen atoms in total. The van der Waals surface area contributed by atoms with Gasteiger partial charge in [-0.05, 0) is 44.9 Å². The number of amides is 1. The summed E-state index contributed by atoms with van der Waals surface area (Å²) in [7, 11) is 0. The van der Waals surface area contributed by atoms with Gasteiger partial charge in [-0.2, -0.15) is 0 Å². The number of ether oxygens (including phenoxy) is 1. The molecule has 0 aromatic heterocycles. The minimum atomic E-state index is -0.0706. The van der Waals surface area contributed by atoms with Crippen LogP contribution < -0.4 is 10.1 Å². The van der Waals surface area contributed by atoms with E-state index in [1.807, 2.05) is 26.0 Å². The van der Waals surface area contributed by atoms with Crippen LogP contribution in [0.15, 0.2) is 24.3 Å². The molecule has 18 heavy (non-hydrogen) atoms. The molecule has 0 spiro atoms. The number of benzene rings is 1. The fraction of sp³-hybridized carbons (Fsp3) is 0.500. The fourth-order valence-electron chi connectivity index (χ4n) is 1.51. The number of carbonyl (C=O) groups is 1. The summed E-state index contributed by atoms with van der Waals surface area (Å²) in [4.78, 5) is 11.8. The predicted octanol–water partition coefficient (Wildman–Crippen LogP) is 3.22. The van der Waals surface area contributed by atoms with Crippen LogP contribution in [0, 0.1) is 0 Å². The van der Waals surface area contributed by atoms with E-state index in [0.717, 1.165) is 18.6 Å². The lowest BCUT2D eigenvalue weighted by atomic mass is 10.2. The molecule has 1 rings (SSSR count). The number of alkyl halides is 1. The molecule has 0 aliphatic rings. The predicted molar refractivity (Wildman–Crippen MR) is 74.5 cm³/mol. The van der Waals surface area contributed by atoms with E-state index in [-0.39, 0.29) is 12.0 Å². The Labute approximate surface area is 113 Å². The maximum atomic E-state index is 11.8. The zero-order chi connectivity index (χ0) is 13.4. The highest BCUT2D eigenvalue weighted by Crippen LogP contribution is 2.14. The van der Waals surface area contributed by atoms with Crippen LogP contribution in [0.2, 0.25) is 0 Å². The molecule has 0 fully saturated rings. The van der Waals surface area contributed by atoms with Crippen molar-refractivity contribution in [3.63, 3.8) is 0 Å². The first-order valence-electron chi connectivity index (χ1n) is 6.24. The second-order valence-electron chi connectivity index (χ2n) is 4.35. The monoisotopic (exact) mass is 269 g/mol. The molecule has 0 atom stereocenters. The number of carbonyl (C=O) groups excluding carboxylic acids is 1. The highest BCUT2D eigenvalue weighted by atomic mass is 35.5. The van der Waals surface area contributed by atoms with E-state index in [2.05, 4.69) is 5.32 Å². The zero-order valence-electron chi connectivity index (χ0n) is 10.9. The minimum absolute atomic E-state index is 0.0706. The number of hydrogen-bond acceptors (Lipinski definition) is 2. The molecule has 100 valence electrons. The Morgan fingerprint density at radius 3 is 2.83 bits per heavy atom. The summed E-state index contributed by atoms with van der Waals surface area (Å²) in [6, 6.07) is 7.22. The van der Waals surface area contributed by atoms with Crippen molar-refractivity contribution in [2.24, 2.45) is 0 Å². The molecule has 0 bridgehead atoms. The standard InChI is InChI=1S/C14H20ClNO2/c1-11(2)18-13-7-5-6-12(10-13)14(17)16-9-4-3-8-15/h5-7,10-11H,3-4,8-9H2,1-2H3,(H,16,17). The van der Waals surface area contributed by atoms with Crippen molar-refractivity contribution >= 4 is 17.5 Å². The van der Waals surface area contributed by atoms with Gasteiger partial charge in [0.25, 0.3) is 5.91 Å². The second kappa shape index (κ2) is 7.98. The van der Waals surface area contributed by atoms with Crippen molar-refractivity contribution in [2.45, 2.75) is 32.8 Å². The van der Waals surface area contributed by atoms with Gasteiger partial charge in [0.2, 0.25) is 0 Å². The van der Waals surface area contributed by atoms with Crippen LogP contribution in [0.3, 0.4) is 0 Å². The van der Waals surface area contributed by atoms with Gasteiger partial charge in [-0.25, -0.2) is 0 Å². The first-order valence-corrected chi connectivity index (χ1v) is 6.78. The number of unbranched alkanes of at least 4 members (excludes halogenated alkanes) is 1. The van der Waals surface area contributed by atoms with Gasteiger partial charge in [-0.3, -0.25) is 4.79 Å². The van der Waals surface area contributed by atoms with Crippen LogP contribution in [0.5, 0.6) is 5.75 Å². The van der Waals surface area contributed by atoms with E-state index < -0.39 is 0 Å². The molecule has 0 aliphatic carbocycles. The molecule has 1 aromatic carbocycles. The maximum absolute atomic E-state index is 11.8. The van der Waals surface area contributed by atoms with Crippen LogP contribution in [0.1, 0.15) is 37.0 Å². The van der Waals surface area contributed by atoms with Crippen molar-refractivity contribution in [3.05, 3.63) is 29.8 Å². The summed E-state index contributed by atoms with van der Waals surface area (Å²) in [5.74, 6) is 1.28. The van der Waals surface area contributed by atoms with Gasteiger partial charge in [0, 0.05) is 18.0 Å². The van der Waals surface area contributed by atoms with E-state index in [0.29, 0.717) is 18.0 Å². The van der Waals surface area contributed by atoms with Gasteiger partial charge >= 0.3 is 0 Å². The average molecular weight is 270 g/mol. The van der Waals surface area contributed by atoms with E-state index in [1.54, 1.807) is 12.1 Å². The SMILES string of the molecule is CC(C)Oc1cccc(C(=O)NCCCCCl)c1. The Balaban J connectivity index is 2.51. The molecule has 0 saturated carbocycles. The molecule has 4 heteroatoms. The lowest BCUT2D eigenvalue weighted by Crippen LogP contribution is -2.24. The van der Waals surface area contributed by atoms with E-state index in [9.17, 15) is 4.79 Å². The third-order valence-corrected chi connectivity index (χ3v) is 2.58. The quantitative estimate of drug-likeness (QED) is 0.610. The number of halogens is 1. The van der Waals surface area contributed by atoms with E-state index in [1.165, 1.54) is 0 Å². The first kappa shape index (κ1) is 14.8. The van der Waals surface area contributed by atoms with Gasteiger partial charge in [-0.1, -0.05) is 6.07 Å².